The summed E-state index contributed by atoms with van der Waals surface area (Å²) in [4.78, 5) is 0. The number of halogens is 1. The fourth-order valence-electron chi connectivity index (χ4n) is 1.72. The Bertz CT molecular complexity index is 405. The topological polar surface area (TPSA) is 44.5 Å². The largest absolute Gasteiger partial charge is 0.492 e. The lowest BCUT2D eigenvalue weighted by Crippen LogP contribution is -2.25. The van der Waals surface area contributed by atoms with Crippen LogP contribution in [0, 0.1) is 0 Å². The summed E-state index contributed by atoms with van der Waals surface area (Å²) in [5.41, 5.74) is 6.71. The molecule has 1 aromatic rings. The summed E-state index contributed by atoms with van der Waals surface area (Å²) in [7, 11) is 1.71. The molecule has 0 spiro atoms. The van der Waals surface area contributed by atoms with E-state index in [0.717, 1.165) is 24.2 Å². The van der Waals surface area contributed by atoms with Crippen LogP contribution in [0.1, 0.15) is 32.8 Å². The maximum absolute atomic E-state index is 6.20. The predicted molar refractivity (Wildman–Crippen MR) is 80.0 cm³/mol. The van der Waals surface area contributed by atoms with Crippen LogP contribution >= 0.6 is 11.6 Å². The number of hydrogen-bond donors (Lipinski definition) is 1. The van der Waals surface area contributed by atoms with Gasteiger partial charge in [0.05, 0.1) is 17.2 Å². The van der Waals surface area contributed by atoms with Gasteiger partial charge in [-0.3, -0.25) is 0 Å². The molecular formula is C15H24ClNO2. The summed E-state index contributed by atoms with van der Waals surface area (Å²) in [5.74, 6) is 0.744. The Hall–Kier alpha value is -0.770. The number of para-hydroxylation sites is 1. The lowest BCUT2D eigenvalue weighted by atomic mass is 10.1. The van der Waals surface area contributed by atoms with Crippen LogP contribution in [0.2, 0.25) is 5.02 Å². The van der Waals surface area contributed by atoms with Gasteiger partial charge in [0.15, 0.2) is 0 Å². The molecule has 1 atom stereocenters. The Labute approximate surface area is 121 Å². The van der Waals surface area contributed by atoms with Gasteiger partial charge in [0.1, 0.15) is 5.75 Å². The van der Waals surface area contributed by atoms with Crippen LogP contribution < -0.4 is 10.5 Å². The first-order chi connectivity index (χ1) is 8.85. The van der Waals surface area contributed by atoms with Crippen LogP contribution in [0.4, 0.5) is 0 Å². The second-order valence-corrected chi connectivity index (χ2v) is 5.88. The molecule has 0 bridgehead atoms. The SMILES string of the molecule is COC(C)(C)CCOc1c(Cl)cccc1CC(C)N. The number of nitrogens with two attached hydrogens (primary N) is 1. The minimum atomic E-state index is -0.192. The van der Waals surface area contributed by atoms with Gasteiger partial charge in [-0.2, -0.15) is 0 Å². The molecule has 1 aromatic carbocycles. The van der Waals surface area contributed by atoms with Crippen molar-refractivity contribution in [3.63, 3.8) is 0 Å². The first kappa shape index (κ1) is 16.3. The quantitative estimate of drug-likeness (QED) is 0.835. The van der Waals surface area contributed by atoms with Crippen molar-refractivity contribution in [2.45, 2.75) is 45.3 Å². The minimum Gasteiger partial charge on any atom is -0.492 e. The van der Waals surface area contributed by atoms with Crippen LogP contribution in [0.15, 0.2) is 18.2 Å². The molecule has 0 aromatic heterocycles. The molecule has 1 rings (SSSR count). The molecular weight excluding hydrogens is 262 g/mol. The molecule has 0 heterocycles. The third kappa shape index (κ3) is 5.39. The highest BCUT2D eigenvalue weighted by Crippen LogP contribution is 2.30. The Balaban J connectivity index is 2.71. The molecule has 0 aliphatic carbocycles. The highest BCUT2D eigenvalue weighted by molar-refractivity contribution is 6.32. The van der Waals surface area contributed by atoms with Crippen molar-refractivity contribution in [1.29, 1.82) is 0 Å². The summed E-state index contributed by atoms with van der Waals surface area (Å²) in [6.45, 7) is 6.60. The first-order valence-corrected chi connectivity index (χ1v) is 6.94. The van der Waals surface area contributed by atoms with Crippen molar-refractivity contribution >= 4 is 11.6 Å². The number of ether oxygens (including phenoxy) is 2. The maximum atomic E-state index is 6.20. The van der Waals surface area contributed by atoms with Gasteiger partial charge in [0, 0.05) is 19.6 Å². The Morgan fingerprint density at radius 2 is 2.05 bits per heavy atom. The molecule has 108 valence electrons. The van der Waals surface area contributed by atoms with Gasteiger partial charge in [0.25, 0.3) is 0 Å². The molecule has 19 heavy (non-hydrogen) atoms. The lowest BCUT2D eigenvalue weighted by molar-refractivity contribution is 0.00538. The summed E-state index contributed by atoms with van der Waals surface area (Å²) in [5, 5.41) is 0.633. The van der Waals surface area contributed by atoms with Crippen LogP contribution in [0.25, 0.3) is 0 Å². The smallest absolute Gasteiger partial charge is 0.141 e. The average Bonchev–Trinajstić information content (AvgIpc) is 2.32. The van der Waals surface area contributed by atoms with Crippen molar-refractivity contribution in [2.24, 2.45) is 5.73 Å². The molecule has 0 saturated carbocycles. The molecule has 0 amide bonds. The Kier molecular flexibility index (Phi) is 6.11. The average molecular weight is 286 g/mol. The number of benzene rings is 1. The maximum Gasteiger partial charge on any atom is 0.141 e. The van der Waals surface area contributed by atoms with Gasteiger partial charge < -0.3 is 15.2 Å². The summed E-state index contributed by atoms with van der Waals surface area (Å²) in [6.07, 6.45) is 1.55. The van der Waals surface area contributed by atoms with E-state index in [9.17, 15) is 0 Å². The van der Waals surface area contributed by atoms with Gasteiger partial charge in [-0.25, -0.2) is 0 Å². The molecule has 0 radical (unpaired) electrons. The van der Waals surface area contributed by atoms with E-state index in [1.54, 1.807) is 7.11 Å². The Morgan fingerprint density at radius 1 is 1.37 bits per heavy atom. The third-order valence-electron chi connectivity index (χ3n) is 3.09. The molecule has 0 aliphatic heterocycles. The predicted octanol–water partition coefficient (Wildman–Crippen LogP) is 3.42. The molecule has 0 aliphatic rings. The number of rotatable bonds is 7. The number of methoxy groups -OCH3 is 1. The van der Waals surface area contributed by atoms with Gasteiger partial charge in [0.2, 0.25) is 0 Å². The minimum absolute atomic E-state index is 0.0798. The van der Waals surface area contributed by atoms with Crippen molar-refractivity contribution in [3.05, 3.63) is 28.8 Å². The van der Waals surface area contributed by atoms with Crippen molar-refractivity contribution in [1.82, 2.24) is 0 Å². The van der Waals surface area contributed by atoms with Gasteiger partial charge in [-0.1, -0.05) is 23.7 Å². The molecule has 1 unspecified atom stereocenters. The fraction of sp³-hybridized carbons (Fsp3) is 0.600. The van der Waals surface area contributed by atoms with Gasteiger partial charge >= 0.3 is 0 Å². The summed E-state index contributed by atoms with van der Waals surface area (Å²) in [6, 6.07) is 5.84. The molecule has 2 N–H and O–H groups in total. The standard InChI is InChI=1S/C15H24ClNO2/c1-11(17)10-12-6-5-7-13(16)14(12)19-9-8-15(2,3)18-4/h5-7,11H,8-10,17H2,1-4H3. The third-order valence-corrected chi connectivity index (χ3v) is 3.39. The molecule has 0 saturated heterocycles. The van der Waals surface area contributed by atoms with Crippen LogP contribution in [-0.2, 0) is 11.2 Å². The van der Waals surface area contributed by atoms with Gasteiger partial charge in [-0.15, -0.1) is 0 Å². The zero-order valence-electron chi connectivity index (χ0n) is 12.2. The zero-order valence-corrected chi connectivity index (χ0v) is 13.0. The monoisotopic (exact) mass is 285 g/mol. The van der Waals surface area contributed by atoms with E-state index in [-0.39, 0.29) is 11.6 Å². The zero-order chi connectivity index (χ0) is 14.5. The van der Waals surface area contributed by atoms with E-state index >= 15 is 0 Å². The van der Waals surface area contributed by atoms with Crippen molar-refractivity contribution in [2.75, 3.05) is 13.7 Å². The van der Waals surface area contributed by atoms with Crippen LogP contribution in [0.3, 0.4) is 0 Å². The second kappa shape index (κ2) is 7.13. The van der Waals surface area contributed by atoms with E-state index in [0.29, 0.717) is 11.6 Å². The molecule has 4 heteroatoms. The highest BCUT2D eigenvalue weighted by Gasteiger charge is 2.17. The summed E-state index contributed by atoms with van der Waals surface area (Å²) >= 11 is 6.20. The summed E-state index contributed by atoms with van der Waals surface area (Å²) < 4.78 is 11.2. The van der Waals surface area contributed by atoms with E-state index < -0.39 is 0 Å². The highest BCUT2D eigenvalue weighted by atomic mass is 35.5. The fourth-order valence-corrected chi connectivity index (χ4v) is 1.97. The lowest BCUT2D eigenvalue weighted by Gasteiger charge is -2.23. The van der Waals surface area contributed by atoms with Crippen LogP contribution in [0.5, 0.6) is 5.75 Å². The van der Waals surface area contributed by atoms with Gasteiger partial charge in [-0.05, 0) is 38.8 Å². The normalized spacial score (nSPS) is 13.4. The van der Waals surface area contributed by atoms with E-state index in [1.807, 2.05) is 39.0 Å². The van der Waals surface area contributed by atoms with Crippen molar-refractivity contribution in [3.8, 4) is 5.75 Å². The number of hydrogen-bond acceptors (Lipinski definition) is 3. The molecule has 3 nitrogen and oxygen atoms in total. The first-order valence-electron chi connectivity index (χ1n) is 6.56. The second-order valence-electron chi connectivity index (χ2n) is 5.47. The Morgan fingerprint density at radius 3 is 2.63 bits per heavy atom. The molecule has 0 fully saturated rings. The van der Waals surface area contributed by atoms with E-state index in [1.165, 1.54) is 0 Å². The van der Waals surface area contributed by atoms with E-state index in [4.69, 9.17) is 26.8 Å². The van der Waals surface area contributed by atoms with Crippen molar-refractivity contribution < 1.29 is 9.47 Å². The van der Waals surface area contributed by atoms with E-state index in [2.05, 4.69) is 0 Å². The van der Waals surface area contributed by atoms with Crippen LogP contribution in [-0.4, -0.2) is 25.4 Å².